The van der Waals surface area contributed by atoms with Crippen molar-refractivity contribution < 1.29 is 18.3 Å². The van der Waals surface area contributed by atoms with E-state index in [-0.39, 0.29) is 11.5 Å². The first-order valence-electron chi connectivity index (χ1n) is 8.16. The molecule has 2 N–H and O–H groups in total. The molecule has 0 spiro atoms. The molecular weight excluding hydrogens is 354 g/mol. The van der Waals surface area contributed by atoms with Crippen LogP contribution in [0.4, 0.5) is 26.0 Å². The summed E-state index contributed by atoms with van der Waals surface area (Å²) in [5, 5.41) is 13.2. The van der Waals surface area contributed by atoms with E-state index in [2.05, 4.69) is 20.8 Å². The number of aromatic nitrogens is 2. The van der Waals surface area contributed by atoms with E-state index in [1.165, 1.54) is 18.2 Å². The lowest BCUT2D eigenvalue weighted by atomic mass is 10.2. The molecule has 0 atom stereocenters. The summed E-state index contributed by atoms with van der Waals surface area (Å²) in [6.07, 6.45) is 0. The van der Waals surface area contributed by atoms with E-state index >= 15 is 0 Å². The molecule has 0 saturated heterocycles. The Bertz CT molecular complexity index is 949. The fourth-order valence-electron chi connectivity index (χ4n) is 2.28. The molecule has 0 saturated carbocycles. The summed E-state index contributed by atoms with van der Waals surface area (Å²) >= 11 is 0. The lowest BCUT2D eigenvalue weighted by molar-refractivity contribution is 0.102. The summed E-state index contributed by atoms with van der Waals surface area (Å²) < 4.78 is 31.6. The zero-order valence-electron chi connectivity index (χ0n) is 14.4. The minimum absolute atomic E-state index is 0.0946. The molecule has 1 heterocycles. The maximum absolute atomic E-state index is 13.2. The highest BCUT2D eigenvalue weighted by Gasteiger charge is 2.12. The molecule has 3 aromatic rings. The number of carbonyl (C=O) groups excluding carboxylic acids is 1. The quantitative estimate of drug-likeness (QED) is 0.682. The van der Waals surface area contributed by atoms with Gasteiger partial charge in [-0.2, -0.15) is 0 Å². The Morgan fingerprint density at radius 2 is 1.85 bits per heavy atom. The number of para-hydroxylation sites is 2. The molecule has 0 aliphatic rings. The number of carbonyl (C=O) groups is 1. The number of nitrogens with zero attached hydrogens (tertiary/aromatic N) is 2. The van der Waals surface area contributed by atoms with Gasteiger partial charge in [-0.05, 0) is 43.3 Å². The van der Waals surface area contributed by atoms with Crippen molar-refractivity contribution in [2.75, 3.05) is 17.2 Å². The standard InChI is InChI=1S/C19H16F2N4O2/c1-2-27-17-6-4-3-5-15(17)23-19(26)16-9-10-18(25-24-16)22-12-7-8-13(20)14(21)11-12/h3-11H,2H2,1H3,(H,22,25)(H,23,26). The summed E-state index contributed by atoms with van der Waals surface area (Å²) in [5.74, 6) is -1.53. The molecule has 0 unspecified atom stereocenters. The van der Waals surface area contributed by atoms with E-state index in [4.69, 9.17) is 4.74 Å². The van der Waals surface area contributed by atoms with Gasteiger partial charge in [-0.25, -0.2) is 8.78 Å². The fraction of sp³-hybridized carbons (Fsp3) is 0.105. The normalized spacial score (nSPS) is 10.3. The van der Waals surface area contributed by atoms with Crippen LogP contribution < -0.4 is 15.4 Å². The van der Waals surface area contributed by atoms with Crippen LogP contribution >= 0.6 is 0 Å². The summed E-state index contributed by atoms with van der Waals surface area (Å²) in [4.78, 5) is 12.3. The highest BCUT2D eigenvalue weighted by atomic mass is 19.2. The number of benzene rings is 2. The van der Waals surface area contributed by atoms with Gasteiger partial charge in [-0.3, -0.25) is 4.79 Å². The van der Waals surface area contributed by atoms with Gasteiger partial charge in [-0.15, -0.1) is 10.2 Å². The van der Waals surface area contributed by atoms with Gasteiger partial charge in [-0.1, -0.05) is 12.1 Å². The molecule has 3 rings (SSSR count). The van der Waals surface area contributed by atoms with Crippen molar-refractivity contribution in [1.82, 2.24) is 10.2 Å². The van der Waals surface area contributed by atoms with Gasteiger partial charge in [0.25, 0.3) is 5.91 Å². The topological polar surface area (TPSA) is 76.1 Å². The van der Waals surface area contributed by atoms with Crippen LogP contribution in [-0.4, -0.2) is 22.7 Å². The summed E-state index contributed by atoms with van der Waals surface area (Å²) in [5.41, 5.74) is 0.929. The van der Waals surface area contributed by atoms with Crippen LogP contribution in [0.25, 0.3) is 0 Å². The van der Waals surface area contributed by atoms with Gasteiger partial charge in [0.1, 0.15) is 5.75 Å². The van der Waals surface area contributed by atoms with Crippen molar-refractivity contribution in [3.05, 3.63) is 71.9 Å². The Labute approximate surface area is 154 Å². The SMILES string of the molecule is CCOc1ccccc1NC(=O)c1ccc(Nc2ccc(F)c(F)c2)nn1. The van der Waals surface area contributed by atoms with Crippen molar-refractivity contribution in [1.29, 1.82) is 0 Å². The Hall–Kier alpha value is -3.55. The maximum Gasteiger partial charge on any atom is 0.276 e. The predicted molar refractivity (Wildman–Crippen MR) is 97.2 cm³/mol. The zero-order valence-corrected chi connectivity index (χ0v) is 14.4. The highest BCUT2D eigenvalue weighted by molar-refractivity contribution is 6.03. The Morgan fingerprint density at radius 3 is 2.56 bits per heavy atom. The Balaban J connectivity index is 1.69. The van der Waals surface area contributed by atoms with Gasteiger partial charge in [0.15, 0.2) is 23.1 Å². The lowest BCUT2D eigenvalue weighted by Gasteiger charge is -2.11. The summed E-state index contributed by atoms with van der Waals surface area (Å²) in [6.45, 7) is 2.32. The van der Waals surface area contributed by atoms with Crippen LogP contribution in [0, 0.1) is 11.6 Å². The first-order chi connectivity index (χ1) is 13.1. The second-order valence-electron chi connectivity index (χ2n) is 5.44. The number of amides is 1. The van der Waals surface area contributed by atoms with Gasteiger partial charge in [0.2, 0.25) is 0 Å². The first kappa shape index (κ1) is 18.2. The van der Waals surface area contributed by atoms with Crippen LogP contribution in [0.15, 0.2) is 54.6 Å². The molecular formula is C19H16F2N4O2. The van der Waals surface area contributed by atoms with Crippen molar-refractivity contribution >= 4 is 23.1 Å². The van der Waals surface area contributed by atoms with Crippen molar-refractivity contribution in [2.45, 2.75) is 6.92 Å². The predicted octanol–water partition coefficient (Wildman–Crippen LogP) is 4.15. The smallest absolute Gasteiger partial charge is 0.276 e. The van der Waals surface area contributed by atoms with Crippen LogP contribution in [-0.2, 0) is 0 Å². The maximum atomic E-state index is 13.2. The van der Waals surface area contributed by atoms with E-state index in [9.17, 15) is 13.6 Å². The van der Waals surface area contributed by atoms with E-state index in [1.54, 1.807) is 24.3 Å². The van der Waals surface area contributed by atoms with Crippen molar-refractivity contribution in [3.8, 4) is 5.75 Å². The van der Waals surface area contributed by atoms with Gasteiger partial charge < -0.3 is 15.4 Å². The van der Waals surface area contributed by atoms with Crippen molar-refractivity contribution in [2.24, 2.45) is 0 Å². The Morgan fingerprint density at radius 1 is 1.04 bits per heavy atom. The molecule has 1 amide bonds. The molecule has 1 aromatic heterocycles. The van der Waals surface area contributed by atoms with Crippen molar-refractivity contribution in [3.63, 3.8) is 0 Å². The monoisotopic (exact) mass is 370 g/mol. The second-order valence-corrected chi connectivity index (χ2v) is 5.44. The molecule has 8 heteroatoms. The minimum atomic E-state index is -0.975. The van der Waals surface area contributed by atoms with E-state index in [0.29, 0.717) is 23.7 Å². The number of hydrogen-bond donors (Lipinski definition) is 2. The number of anilines is 3. The largest absolute Gasteiger partial charge is 0.492 e. The minimum Gasteiger partial charge on any atom is -0.492 e. The third kappa shape index (κ3) is 4.55. The average molecular weight is 370 g/mol. The zero-order chi connectivity index (χ0) is 19.2. The third-order valence-electron chi connectivity index (χ3n) is 3.52. The number of hydrogen-bond acceptors (Lipinski definition) is 5. The van der Waals surface area contributed by atoms with E-state index in [0.717, 1.165) is 12.1 Å². The van der Waals surface area contributed by atoms with Crippen LogP contribution in [0.3, 0.4) is 0 Å². The first-order valence-corrected chi connectivity index (χ1v) is 8.16. The average Bonchev–Trinajstić information content (AvgIpc) is 2.67. The molecule has 2 aromatic carbocycles. The number of ether oxygens (including phenoxy) is 1. The number of rotatable bonds is 6. The summed E-state index contributed by atoms with van der Waals surface area (Å²) in [6, 6.07) is 13.4. The van der Waals surface area contributed by atoms with Gasteiger partial charge >= 0.3 is 0 Å². The summed E-state index contributed by atoms with van der Waals surface area (Å²) in [7, 11) is 0. The molecule has 0 bridgehead atoms. The van der Waals surface area contributed by atoms with Gasteiger partial charge in [0, 0.05) is 11.8 Å². The second kappa shape index (κ2) is 8.22. The van der Waals surface area contributed by atoms with Crippen LogP contribution in [0.5, 0.6) is 5.75 Å². The molecule has 138 valence electrons. The highest BCUT2D eigenvalue weighted by Crippen LogP contribution is 2.24. The van der Waals surface area contributed by atoms with E-state index < -0.39 is 17.5 Å². The molecule has 0 radical (unpaired) electrons. The fourth-order valence-corrected chi connectivity index (χ4v) is 2.28. The lowest BCUT2D eigenvalue weighted by Crippen LogP contribution is -2.15. The van der Waals surface area contributed by atoms with E-state index in [1.807, 2.05) is 6.92 Å². The third-order valence-corrected chi connectivity index (χ3v) is 3.52. The molecule has 0 aliphatic heterocycles. The number of halogens is 2. The molecule has 6 nitrogen and oxygen atoms in total. The molecule has 27 heavy (non-hydrogen) atoms. The Kier molecular flexibility index (Phi) is 5.55. The van der Waals surface area contributed by atoms with Crippen LogP contribution in [0.1, 0.15) is 17.4 Å². The van der Waals surface area contributed by atoms with Crippen LogP contribution in [0.2, 0.25) is 0 Å². The number of nitrogens with one attached hydrogen (secondary N) is 2. The molecule has 0 aliphatic carbocycles. The molecule has 0 fully saturated rings. The van der Waals surface area contributed by atoms with Gasteiger partial charge in [0.05, 0.1) is 12.3 Å².